The molecule has 10 heavy (non-hydrogen) atoms. The average molecular weight is 154 g/mol. The van der Waals surface area contributed by atoms with Gasteiger partial charge in [0.1, 0.15) is 0 Å². The van der Waals surface area contributed by atoms with E-state index in [-0.39, 0.29) is 0 Å². The molecule has 0 bridgehead atoms. The lowest BCUT2D eigenvalue weighted by atomic mass is 10.3. The van der Waals surface area contributed by atoms with Gasteiger partial charge in [-0.2, -0.15) is 0 Å². The van der Waals surface area contributed by atoms with Crippen LogP contribution >= 0.6 is 11.8 Å². The molecule has 2 nitrogen and oxygen atoms in total. The van der Waals surface area contributed by atoms with Gasteiger partial charge in [0.15, 0.2) is 0 Å². The van der Waals surface area contributed by atoms with E-state index in [1.807, 2.05) is 19.2 Å². The Morgan fingerprint density at radius 2 is 2.30 bits per heavy atom. The van der Waals surface area contributed by atoms with Crippen molar-refractivity contribution in [3.8, 4) is 0 Å². The van der Waals surface area contributed by atoms with Gasteiger partial charge in [-0.3, -0.25) is 0 Å². The molecule has 0 aromatic carbocycles. The number of rotatable bonds is 1. The molecule has 0 saturated carbocycles. The van der Waals surface area contributed by atoms with Crippen LogP contribution in [0.2, 0.25) is 0 Å². The monoisotopic (exact) mass is 154 g/mol. The first-order chi connectivity index (χ1) is 4.74. The number of nitrogens with zero attached hydrogens (tertiary/aromatic N) is 1. The van der Waals surface area contributed by atoms with Crippen molar-refractivity contribution in [1.29, 1.82) is 0 Å². The van der Waals surface area contributed by atoms with Gasteiger partial charge in [0.25, 0.3) is 0 Å². The molecule has 1 aromatic heterocycles. The van der Waals surface area contributed by atoms with Gasteiger partial charge in [-0.05, 0) is 24.8 Å². The number of pyridine rings is 1. The maximum atomic E-state index is 5.51. The van der Waals surface area contributed by atoms with Gasteiger partial charge in [0.05, 0.1) is 16.9 Å². The zero-order valence-electron chi connectivity index (χ0n) is 6.09. The van der Waals surface area contributed by atoms with E-state index in [0.29, 0.717) is 0 Å². The molecule has 0 fully saturated rings. The van der Waals surface area contributed by atoms with Crippen molar-refractivity contribution in [2.45, 2.75) is 11.9 Å². The highest BCUT2D eigenvalue weighted by Gasteiger charge is 1.96. The van der Waals surface area contributed by atoms with Gasteiger partial charge >= 0.3 is 0 Å². The fourth-order valence-electron chi connectivity index (χ4n) is 0.798. The van der Waals surface area contributed by atoms with Crippen molar-refractivity contribution in [3.63, 3.8) is 0 Å². The van der Waals surface area contributed by atoms with Crippen molar-refractivity contribution in [3.05, 3.63) is 17.8 Å². The van der Waals surface area contributed by atoms with Crippen molar-refractivity contribution in [1.82, 2.24) is 4.98 Å². The summed E-state index contributed by atoms with van der Waals surface area (Å²) in [6.45, 7) is 2.01. The highest BCUT2D eigenvalue weighted by atomic mass is 32.2. The van der Waals surface area contributed by atoms with Gasteiger partial charge in [0, 0.05) is 0 Å². The third-order valence-electron chi connectivity index (χ3n) is 1.24. The standard InChI is InChI=1S/C7H10N2S/c1-5-3-6(8)4-9-7(5)10-2/h3-4H,8H2,1-2H3. The summed E-state index contributed by atoms with van der Waals surface area (Å²) in [4.78, 5) is 4.13. The lowest BCUT2D eigenvalue weighted by molar-refractivity contribution is 1.09. The van der Waals surface area contributed by atoms with E-state index in [1.165, 1.54) is 0 Å². The summed E-state index contributed by atoms with van der Waals surface area (Å²) in [5.41, 5.74) is 7.39. The van der Waals surface area contributed by atoms with Crippen LogP contribution < -0.4 is 5.73 Å². The van der Waals surface area contributed by atoms with Crippen molar-refractivity contribution < 1.29 is 0 Å². The molecule has 3 heteroatoms. The molecule has 2 N–H and O–H groups in total. The molecule has 0 aliphatic carbocycles. The first-order valence-electron chi connectivity index (χ1n) is 3.00. The molecule has 0 saturated heterocycles. The summed E-state index contributed by atoms with van der Waals surface area (Å²) in [5, 5.41) is 1.05. The van der Waals surface area contributed by atoms with E-state index >= 15 is 0 Å². The molecule has 54 valence electrons. The predicted molar refractivity (Wildman–Crippen MR) is 45.2 cm³/mol. The quantitative estimate of drug-likeness (QED) is 0.626. The highest BCUT2D eigenvalue weighted by Crippen LogP contribution is 2.17. The number of aromatic nitrogens is 1. The van der Waals surface area contributed by atoms with Crippen LogP contribution in [0.5, 0.6) is 0 Å². The number of nitrogen functional groups attached to an aromatic ring is 1. The van der Waals surface area contributed by atoms with E-state index in [4.69, 9.17) is 5.73 Å². The Kier molecular flexibility index (Phi) is 2.17. The van der Waals surface area contributed by atoms with E-state index in [1.54, 1.807) is 18.0 Å². The van der Waals surface area contributed by atoms with Crippen LogP contribution in [0.1, 0.15) is 5.56 Å². The Bertz CT molecular complexity index is 235. The summed E-state index contributed by atoms with van der Waals surface area (Å²) < 4.78 is 0. The molecule has 0 radical (unpaired) electrons. The number of nitrogens with two attached hydrogens (primary N) is 1. The van der Waals surface area contributed by atoms with Gasteiger partial charge < -0.3 is 5.73 Å². The van der Waals surface area contributed by atoms with E-state index in [0.717, 1.165) is 16.3 Å². The van der Waals surface area contributed by atoms with Gasteiger partial charge in [-0.1, -0.05) is 0 Å². The Morgan fingerprint density at radius 3 is 2.80 bits per heavy atom. The first kappa shape index (κ1) is 7.41. The van der Waals surface area contributed by atoms with Crippen LogP contribution in [0.3, 0.4) is 0 Å². The normalized spacial score (nSPS) is 9.80. The Labute approximate surface area is 64.8 Å². The van der Waals surface area contributed by atoms with E-state index < -0.39 is 0 Å². The minimum Gasteiger partial charge on any atom is -0.397 e. The molecular formula is C7H10N2S. The average Bonchev–Trinajstić information content (AvgIpc) is 1.88. The number of anilines is 1. The molecule has 1 aromatic rings. The SMILES string of the molecule is CSc1ncc(N)cc1C. The third kappa shape index (κ3) is 1.42. The lowest BCUT2D eigenvalue weighted by Crippen LogP contribution is -1.89. The zero-order chi connectivity index (χ0) is 7.56. The Balaban J connectivity index is 3.07. The summed E-state index contributed by atoms with van der Waals surface area (Å²) in [6.07, 6.45) is 3.68. The summed E-state index contributed by atoms with van der Waals surface area (Å²) >= 11 is 1.64. The van der Waals surface area contributed by atoms with Crippen molar-refractivity contribution >= 4 is 17.4 Å². The molecule has 1 heterocycles. The predicted octanol–water partition coefficient (Wildman–Crippen LogP) is 1.69. The minimum atomic E-state index is 0.732. The molecule has 0 unspecified atom stereocenters. The van der Waals surface area contributed by atoms with Crippen LogP contribution in [0.4, 0.5) is 5.69 Å². The number of aryl methyl sites for hydroxylation is 1. The summed E-state index contributed by atoms with van der Waals surface area (Å²) in [7, 11) is 0. The minimum absolute atomic E-state index is 0.732. The molecule has 0 aliphatic heterocycles. The topological polar surface area (TPSA) is 38.9 Å². The van der Waals surface area contributed by atoms with E-state index in [2.05, 4.69) is 4.98 Å². The second-order valence-electron chi connectivity index (χ2n) is 2.09. The number of hydrogen-bond acceptors (Lipinski definition) is 3. The Hall–Kier alpha value is -0.700. The largest absolute Gasteiger partial charge is 0.397 e. The highest BCUT2D eigenvalue weighted by molar-refractivity contribution is 7.98. The van der Waals surface area contributed by atoms with Crippen LogP contribution in [0, 0.1) is 6.92 Å². The van der Waals surface area contributed by atoms with Crippen LogP contribution in [-0.4, -0.2) is 11.2 Å². The second kappa shape index (κ2) is 2.92. The molecule has 0 spiro atoms. The Morgan fingerprint density at radius 1 is 1.60 bits per heavy atom. The van der Waals surface area contributed by atoms with Crippen LogP contribution in [0.25, 0.3) is 0 Å². The van der Waals surface area contributed by atoms with E-state index in [9.17, 15) is 0 Å². The smallest absolute Gasteiger partial charge is 0.0987 e. The molecule has 0 atom stereocenters. The summed E-state index contributed by atoms with van der Waals surface area (Å²) in [5.74, 6) is 0. The van der Waals surface area contributed by atoms with Crippen LogP contribution in [-0.2, 0) is 0 Å². The van der Waals surface area contributed by atoms with Gasteiger partial charge in [-0.15, -0.1) is 11.8 Å². The number of hydrogen-bond donors (Lipinski definition) is 1. The maximum Gasteiger partial charge on any atom is 0.0987 e. The van der Waals surface area contributed by atoms with Gasteiger partial charge in [0.2, 0.25) is 0 Å². The molecular weight excluding hydrogens is 144 g/mol. The maximum absolute atomic E-state index is 5.51. The van der Waals surface area contributed by atoms with Crippen molar-refractivity contribution in [2.24, 2.45) is 0 Å². The summed E-state index contributed by atoms with van der Waals surface area (Å²) in [6, 6.07) is 1.93. The lowest BCUT2D eigenvalue weighted by Gasteiger charge is -2.00. The fraction of sp³-hybridized carbons (Fsp3) is 0.286. The third-order valence-corrected chi connectivity index (χ3v) is 2.06. The first-order valence-corrected chi connectivity index (χ1v) is 4.22. The van der Waals surface area contributed by atoms with Gasteiger partial charge in [-0.25, -0.2) is 4.98 Å². The van der Waals surface area contributed by atoms with Crippen molar-refractivity contribution in [2.75, 3.05) is 12.0 Å². The van der Waals surface area contributed by atoms with Crippen LogP contribution in [0.15, 0.2) is 17.3 Å². The molecule has 0 amide bonds. The second-order valence-corrected chi connectivity index (χ2v) is 2.89. The fourth-order valence-corrected chi connectivity index (χ4v) is 1.34. The molecule has 1 rings (SSSR count). The number of thioether (sulfide) groups is 1. The molecule has 0 aliphatic rings. The zero-order valence-corrected chi connectivity index (χ0v) is 6.90.